The first-order valence-corrected chi connectivity index (χ1v) is 35.9. The van der Waals surface area contributed by atoms with E-state index in [1.54, 1.807) is 59.7 Å². The van der Waals surface area contributed by atoms with Gasteiger partial charge >= 0.3 is 12.2 Å². The number of nitrogens with zero attached hydrogens (tertiary/aromatic N) is 6. The summed E-state index contributed by atoms with van der Waals surface area (Å²) in [5.74, 6) is -2.65. The van der Waals surface area contributed by atoms with Crippen molar-refractivity contribution >= 4 is 70.7 Å². The standard InChI is InChI=1S/C75H103N9O16/c1-10-29-75(95)30-28-56-53-24-20-49-44-51(85)23-25-52(49)63(53)55(45-74(56,75)8)48-18-21-50(22-19-48)79(9)33-12-17-62(87)82-36-34-81(71(94)100-73(5,6)7)47-60(82)68(91)83-37-35-80(70(93)99-72(2,3)4)46-59(83)65(88)77-32-14-39-97-41-43-98-42-40-96-38-13-31-76-57-16-11-15-54-64(57)69(92)84(67(54)90)58-26-27-61(86)78-66(58)89/h10-11,15-16,18-19,21-22,29,44,53,55-56,58-60,76,95H,12-14,17,20,23-28,30-43,45-47H2,1-9H3,(H,77,88)(H,78,86,89)/t53-,55+,56-,58?,59?,60?,74-,75-/m0/s1. The van der Waals surface area contributed by atoms with Crippen LogP contribution in [0.15, 0.2) is 77.4 Å². The van der Waals surface area contributed by atoms with Crippen LogP contribution in [0.25, 0.3) is 0 Å². The predicted molar refractivity (Wildman–Crippen MR) is 372 cm³/mol. The van der Waals surface area contributed by atoms with Crippen LogP contribution in [0.4, 0.5) is 21.0 Å². The van der Waals surface area contributed by atoms with E-state index in [0.717, 1.165) is 49.1 Å². The summed E-state index contributed by atoms with van der Waals surface area (Å²) in [5, 5.41) is 20.6. The predicted octanol–water partition coefficient (Wildman–Crippen LogP) is 7.47. The maximum atomic E-state index is 15.2. The summed E-state index contributed by atoms with van der Waals surface area (Å²) < 4.78 is 28.7. The largest absolute Gasteiger partial charge is 0.444 e. The van der Waals surface area contributed by atoms with Crippen LogP contribution in [-0.4, -0.2) is 229 Å². The normalized spacial score (nSPS) is 25.5. The molecule has 3 unspecified atom stereocenters. The number of amides is 9. The first-order chi connectivity index (χ1) is 47.6. The van der Waals surface area contributed by atoms with E-state index in [9.17, 15) is 48.3 Å². The monoisotopic (exact) mass is 1390 g/mol. The maximum Gasteiger partial charge on any atom is 0.410 e. The lowest BCUT2D eigenvalue weighted by Gasteiger charge is -2.54. The van der Waals surface area contributed by atoms with Gasteiger partial charge in [-0.2, -0.15) is 0 Å². The lowest BCUT2D eigenvalue weighted by molar-refractivity contribution is -0.155. The van der Waals surface area contributed by atoms with Crippen molar-refractivity contribution in [3.63, 3.8) is 0 Å². The highest BCUT2D eigenvalue weighted by Gasteiger charge is 2.62. The molecular weight excluding hydrogens is 1280 g/mol. The molecule has 0 spiro atoms. The van der Waals surface area contributed by atoms with Crippen molar-refractivity contribution in [2.45, 2.75) is 180 Å². The lowest BCUT2D eigenvalue weighted by Crippen LogP contribution is -2.68. The van der Waals surface area contributed by atoms with E-state index in [1.165, 1.54) is 41.9 Å². The number of rotatable bonds is 25. The number of ketones is 1. The molecule has 5 fully saturated rings. The highest BCUT2D eigenvalue weighted by Crippen LogP contribution is 2.67. The Morgan fingerprint density at radius 2 is 1.37 bits per heavy atom. The van der Waals surface area contributed by atoms with Gasteiger partial charge in [-0.25, -0.2) is 9.59 Å². The Morgan fingerprint density at radius 1 is 0.730 bits per heavy atom. The van der Waals surface area contributed by atoms with Gasteiger partial charge in [0.05, 0.1) is 56.2 Å². The molecule has 25 nitrogen and oxygen atoms in total. The van der Waals surface area contributed by atoms with Crippen molar-refractivity contribution in [3.05, 3.63) is 94.1 Å². The second-order valence-electron chi connectivity index (χ2n) is 30.0. The van der Waals surface area contributed by atoms with E-state index in [4.69, 9.17) is 23.7 Å². The summed E-state index contributed by atoms with van der Waals surface area (Å²) in [6, 6.07) is 10.2. The van der Waals surface area contributed by atoms with Crippen molar-refractivity contribution in [2.24, 2.45) is 17.3 Å². The molecule has 3 saturated heterocycles. The molecule has 2 saturated carbocycles. The van der Waals surface area contributed by atoms with Gasteiger partial charge in [0.25, 0.3) is 11.8 Å². The molecule has 8 atom stereocenters. The van der Waals surface area contributed by atoms with Crippen LogP contribution in [0.2, 0.25) is 0 Å². The summed E-state index contributed by atoms with van der Waals surface area (Å²) in [6.45, 7) is 17.6. The third-order valence-corrected chi connectivity index (χ3v) is 21.0. The molecule has 10 rings (SSSR count). The van der Waals surface area contributed by atoms with Gasteiger partial charge in [0.1, 0.15) is 29.3 Å². The van der Waals surface area contributed by atoms with Gasteiger partial charge in [0.15, 0.2) is 5.78 Å². The summed E-state index contributed by atoms with van der Waals surface area (Å²) in [7, 11) is 1.99. The van der Waals surface area contributed by atoms with Crippen LogP contribution < -0.4 is 20.9 Å². The number of benzene rings is 2. The highest BCUT2D eigenvalue weighted by atomic mass is 16.6. The molecule has 4 aliphatic heterocycles. The molecule has 4 heterocycles. The van der Waals surface area contributed by atoms with E-state index < -0.39 is 82.6 Å². The molecule has 25 heteroatoms. The molecule has 2 aromatic carbocycles. The van der Waals surface area contributed by atoms with Gasteiger partial charge in [0.2, 0.25) is 29.5 Å². The van der Waals surface area contributed by atoms with E-state index in [1.807, 2.05) is 32.2 Å². The maximum absolute atomic E-state index is 15.2. The molecule has 0 aromatic heterocycles. The van der Waals surface area contributed by atoms with Gasteiger partial charge in [-0.15, -0.1) is 0 Å². The number of hydrogen-bond acceptors (Lipinski definition) is 18. The number of nitrogens with one attached hydrogen (secondary N) is 3. The first kappa shape index (κ1) is 74.7. The fraction of sp³-hybridized carbons (Fsp3) is 0.627. The minimum atomic E-state index is -1.17. The zero-order valence-electron chi connectivity index (χ0n) is 59.8. The third kappa shape index (κ3) is 17.0. The molecule has 9 amide bonds. The number of imide groups is 2. The quantitative estimate of drug-likeness (QED) is 0.0426. The van der Waals surface area contributed by atoms with Crippen LogP contribution in [0.3, 0.4) is 0 Å². The third-order valence-electron chi connectivity index (χ3n) is 21.0. The van der Waals surface area contributed by atoms with Gasteiger partial charge in [-0.3, -0.25) is 48.6 Å². The molecule has 0 radical (unpaired) electrons. The number of piperidine rings is 1. The van der Waals surface area contributed by atoms with Gasteiger partial charge < -0.3 is 63.9 Å². The smallest absolute Gasteiger partial charge is 0.410 e. The number of hydrogen-bond donors (Lipinski definition) is 4. The van der Waals surface area contributed by atoms with E-state index in [-0.39, 0.29) is 119 Å². The number of aliphatic hydroxyl groups is 1. The Morgan fingerprint density at radius 3 is 2.02 bits per heavy atom. The van der Waals surface area contributed by atoms with E-state index in [2.05, 4.69) is 52.0 Å². The summed E-state index contributed by atoms with van der Waals surface area (Å²) in [4.78, 5) is 144. The molecule has 2 aromatic rings. The first-order valence-electron chi connectivity index (χ1n) is 35.9. The second kappa shape index (κ2) is 31.9. The molecule has 4 aliphatic carbocycles. The van der Waals surface area contributed by atoms with Gasteiger partial charge in [-0.05, 0) is 172 Å². The fourth-order valence-electron chi connectivity index (χ4n) is 16.1. The second-order valence-corrected chi connectivity index (χ2v) is 30.0. The minimum Gasteiger partial charge on any atom is -0.444 e. The zero-order valence-corrected chi connectivity index (χ0v) is 59.8. The number of anilines is 2. The van der Waals surface area contributed by atoms with E-state index >= 15 is 4.79 Å². The highest BCUT2D eigenvalue weighted by molar-refractivity contribution is 6.25. The Balaban J connectivity index is 0.701. The lowest BCUT2D eigenvalue weighted by atomic mass is 9.51. The molecule has 0 bridgehead atoms. The minimum absolute atomic E-state index is 0.0331. The van der Waals surface area contributed by atoms with Crippen molar-refractivity contribution in [3.8, 4) is 0 Å². The Hall–Kier alpha value is -8.00. The number of piperazine rings is 2. The molecule has 4 N–H and O–H groups in total. The van der Waals surface area contributed by atoms with Crippen LogP contribution in [-0.2, 0) is 52.5 Å². The van der Waals surface area contributed by atoms with Crippen molar-refractivity contribution in [2.75, 3.05) is 116 Å². The van der Waals surface area contributed by atoms with Crippen LogP contribution in [0.1, 0.15) is 171 Å². The number of ether oxygens (including phenoxy) is 5. The van der Waals surface area contributed by atoms with Crippen molar-refractivity contribution in [1.82, 2.24) is 35.1 Å². The summed E-state index contributed by atoms with van der Waals surface area (Å²) in [5.41, 5.74) is 4.11. The zero-order chi connectivity index (χ0) is 71.8. The molecule has 100 heavy (non-hydrogen) atoms. The molecule has 8 aliphatic rings. The van der Waals surface area contributed by atoms with Crippen molar-refractivity contribution in [1.29, 1.82) is 0 Å². The van der Waals surface area contributed by atoms with Crippen LogP contribution in [0.5, 0.6) is 0 Å². The number of carbonyl (C=O) groups excluding carboxylic acids is 10. The van der Waals surface area contributed by atoms with Crippen LogP contribution >= 0.6 is 0 Å². The SMILES string of the molecule is CC=C[C@]1(O)CC[C@H]2[C@@H]3CCC4=CC(=O)CCC4=C3[C@@H](c3ccc(N(C)CCCC(=O)N4CCN(C(=O)OC(C)(C)C)CC4C(=O)N4CCN(C(=O)OC(C)(C)C)CC4C(=O)NCCCOCCOCCOCCCNc4cccc5c4C(=O)N(C4CCC(=O)NC4=O)C5=O)cc3)C[C@@]21C. The Bertz CT molecular complexity index is 3520. The average molecular weight is 1390 g/mol. The Kier molecular flexibility index (Phi) is 23.8. The number of fused-ring (bicyclic) bond motifs is 5. The Labute approximate surface area is 587 Å². The van der Waals surface area contributed by atoms with Gasteiger partial charge in [-0.1, -0.05) is 42.8 Å². The number of allylic oxidation sites excluding steroid dienone is 5. The average Bonchev–Trinajstić information content (AvgIpc) is 1.45. The van der Waals surface area contributed by atoms with Gasteiger partial charge in [0, 0.05) is 108 Å². The van der Waals surface area contributed by atoms with Crippen molar-refractivity contribution < 1.29 is 76.7 Å². The summed E-state index contributed by atoms with van der Waals surface area (Å²) >= 11 is 0. The van der Waals surface area contributed by atoms with Crippen LogP contribution in [0, 0.1) is 17.3 Å². The fourth-order valence-corrected chi connectivity index (χ4v) is 16.1. The topological polar surface area (TPSA) is 293 Å². The van der Waals surface area contributed by atoms with E-state index in [0.29, 0.717) is 76.1 Å². The molecular formula is C75H103N9O16. The number of carbonyl (C=O) groups is 10. The molecule has 544 valence electrons. The summed E-state index contributed by atoms with van der Waals surface area (Å²) in [6.07, 6.45) is 11.9.